The van der Waals surface area contributed by atoms with Gasteiger partial charge in [0, 0.05) is 5.02 Å². The van der Waals surface area contributed by atoms with Gasteiger partial charge in [-0.05, 0) is 18.2 Å². The van der Waals surface area contributed by atoms with E-state index in [-0.39, 0.29) is 11.5 Å². The third-order valence-corrected chi connectivity index (χ3v) is 2.12. The summed E-state index contributed by atoms with van der Waals surface area (Å²) in [6.07, 6.45) is 0. The molecule has 82 valence electrons. The normalized spacial score (nSPS) is 10.3. The van der Waals surface area contributed by atoms with Gasteiger partial charge in [0.2, 0.25) is 5.69 Å². The molecule has 2 aromatic rings. The van der Waals surface area contributed by atoms with Crippen LogP contribution in [0.1, 0.15) is 10.5 Å². The van der Waals surface area contributed by atoms with Crippen LogP contribution in [0.3, 0.4) is 0 Å². The van der Waals surface area contributed by atoms with Gasteiger partial charge in [0.25, 0.3) is 0 Å². The summed E-state index contributed by atoms with van der Waals surface area (Å²) in [5.41, 5.74) is 5.68. The number of rotatable bonds is 2. The van der Waals surface area contributed by atoms with Crippen molar-refractivity contribution in [2.75, 3.05) is 5.73 Å². The van der Waals surface area contributed by atoms with Crippen molar-refractivity contribution in [3.8, 4) is 5.69 Å². The molecule has 1 aromatic heterocycles. The van der Waals surface area contributed by atoms with Crippen LogP contribution >= 0.6 is 11.6 Å². The second kappa shape index (κ2) is 3.82. The van der Waals surface area contributed by atoms with Crippen molar-refractivity contribution in [3.05, 3.63) is 35.0 Å². The van der Waals surface area contributed by atoms with E-state index in [0.29, 0.717) is 10.7 Å². The molecule has 0 unspecified atom stereocenters. The van der Waals surface area contributed by atoms with Gasteiger partial charge >= 0.3 is 5.97 Å². The quantitative estimate of drug-likeness (QED) is 0.820. The lowest BCUT2D eigenvalue weighted by molar-refractivity contribution is 0.0691. The number of hydrogen-bond donors (Lipinski definition) is 2. The predicted molar refractivity (Wildman–Crippen MR) is 57.7 cm³/mol. The summed E-state index contributed by atoms with van der Waals surface area (Å²) in [6, 6.07) is 6.69. The van der Waals surface area contributed by atoms with E-state index in [2.05, 4.69) is 10.2 Å². The Morgan fingerprint density at radius 3 is 2.75 bits per heavy atom. The lowest BCUT2D eigenvalue weighted by Crippen LogP contribution is -2.02. The molecule has 0 saturated carbocycles. The van der Waals surface area contributed by atoms with Gasteiger partial charge in [-0.3, -0.25) is 0 Å². The van der Waals surface area contributed by atoms with E-state index in [1.54, 1.807) is 24.3 Å². The minimum atomic E-state index is -1.22. The number of halogens is 1. The summed E-state index contributed by atoms with van der Waals surface area (Å²) in [7, 11) is 0. The highest BCUT2D eigenvalue weighted by Crippen LogP contribution is 2.15. The molecule has 16 heavy (non-hydrogen) atoms. The number of nitrogens with zero attached hydrogens (tertiary/aromatic N) is 3. The number of carboxylic acids is 1. The predicted octanol–water partition coefficient (Wildman–Crippen LogP) is 1.20. The summed E-state index contributed by atoms with van der Waals surface area (Å²) in [5.74, 6) is -1.35. The number of aromatic carboxylic acids is 1. The van der Waals surface area contributed by atoms with Crippen molar-refractivity contribution in [2.24, 2.45) is 0 Å². The zero-order chi connectivity index (χ0) is 11.7. The number of anilines is 1. The maximum absolute atomic E-state index is 10.7. The second-order valence-corrected chi connectivity index (χ2v) is 3.44. The Morgan fingerprint density at radius 1 is 1.44 bits per heavy atom. The lowest BCUT2D eigenvalue weighted by Gasteiger charge is -1.98. The summed E-state index contributed by atoms with van der Waals surface area (Å²) in [5, 5.41) is 16.8. The Bertz CT molecular complexity index is 552. The Labute approximate surface area is 95.2 Å². The summed E-state index contributed by atoms with van der Waals surface area (Å²) < 4.78 is 0. The first-order chi connectivity index (χ1) is 7.58. The van der Waals surface area contributed by atoms with Crippen LogP contribution in [0.15, 0.2) is 24.3 Å². The first kappa shape index (κ1) is 10.4. The molecule has 2 rings (SSSR count). The number of aromatic nitrogens is 3. The molecule has 7 heteroatoms. The van der Waals surface area contributed by atoms with E-state index in [4.69, 9.17) is 22.4 Å². The molecule has 0 aliphatic carbocycles. The molecule has 0 bridgehead atoms. The summed E-state index contributed by atoms with van der Waals surface area (Å²) in [4.78, 5) is 11.8. The van der Waals surface area contributed by atoms with E-state index < -0.39 is 5.97 Å². The molecule has 0 radical (unpaired) electrons. The first-order valence-electron chi connectivity index (χ1n) is 4.30. The van der Waals surface area contributed by atoms with Gasteiger partial charge in [-0.15, -0.1) is 15.0 Å². The Morgan fingerprint density at radius 2 is 2.19 bits per heavy atom. The third-order valence-electron chi connectivity index (χ3n) is 1.88. The van der Waals surface area contributed by atoms with Gasteiger partial charge in [0.1, 0.15) is 0 Å². The molecule has 3 N–H and O–H groups in total. The van der Waals surface area contributed by atoms with E-state index in [1.807, 2.05) is 0 Å². The molecule has 0 aliphatic rings. The molecular weight excluding hydrogens is 232 g/mol. The maximum Gasteiger partial charge on any atom is 0.360 e. The fourth-order valence-electron chi connectivity index (χ4n) is 1.19. The van der Waals surface area contributed by atoms with Crippen LogP contribution in [-0.2, 0) is 0 Å². The highest BCUT2D eigenvalue weighted by atomic mass is 35.5. The van der Waals surface area contributed by atoms with Crippen molar-refractivity contribution in [1.82, 2.24) is 15.0 Å². The molecule has 6 nitrogen and oxygen atoms in total. The van der Waals surface area contributed by atoms with Crippen LogP contribution in [0.2, 0.25) is 5.02 Å². The van der Waals surface area contributed by atoms with Crippen molar-refractivity contribution in [3.63, 3.8) is 0 Å². The fourth-order valence-corrected chi connectivity index (χ4v) is 1.37. The molecule has 1 aromatic carbocycles. The maximum atomic E-state index is 10.7. The average molecular weight is 239 g/mol. The van der Waals surface area contributed by atoms with Crippen LogP contribution < -0.4 is 5.73 Å². The number of benzene rings is 1. The van der Waals surface area contributed by atoms with Crippen LogP contribution in [0.25, 0.3) is 5.69 Å². The second-order valence-electron chi connectivity index (χ2n) is 3.01. The van der Waals surface area contributed by atoms with Crippen LogP contribution in [0, 0.1) is 0 Å². The lowest BCUT2D eigenvalue weighted by atomic mass is 10.3. The van der Waals surface area contributed by atoms with Crippen LogP contribution in [0.4, 0.5) is 5.82 Å². The zero-order valence-electron chi connectivity index (χ0n) is 7.96. The Hall–Kier alpha value is -2.08. The summed E-state index contributed by atoms with van der Waals surface area (Å²) in [6.45, 7) is 0. The summed E-state index contributed by atoms with van der Waals surface area (Å²) >= 11 is 5.79. The molecule has 0 amide bonds. The number of hydrogen-bond acceptors (Lipinski definition) is 4. The molecule has 0 aliphatic heterocycles. The minimum absolute atomic E-state index is 0.132. The van der Waals surface area contributed by atoms with E-state index in [1.165, 1.54) is 0 Å². The van der Waals surface area contributed by atoms with Crippen molar-refractivity contribution >= 4 is 23.4 Å². The van der Waals surface area contributed by atoms with Crippen LogP contribution in [0.5, 0.6) is 0 Å². The smallest absolute Gasteiger partial charge is 0.360 e. The molecule has 0 saturated heterocycles. The van der Waals surface area contributed by atoms with E-state index in [0.717, 1.165) is 4.80 Å². The highest BCUT2D eigenvalue weighted by molar-refractivity contribution is 6.30. The van der Waals surface area contributed by atoms with Gasteiger partial charge in [0.15, 0.2) is 5.82 Å². The van der Waals surface area contributed by atoms with Crippen molar-refractivity contribution in [2.45, 2.75) is 0 Å². The fraction of sp³-hybridized carbons (Fsp3) is 0. The monoisotopic (exact) mass is 238 g/mol. The van der Waals surface area contributed by atoms with Crippen molar-refractivity contribution < 1.29 is 9.90 Å². The van der Waals surface area contributed by atoms with Gasteiger partial charge < -0.3 is 10.8 Å². The van der Waals surface area contributed by atoms with E-state index >= 15 is 0 Å². The molecule has 0 atom stereocenters. The number of carboxylic acid groups (broad SMARTS) is 1. The van der Waals surface area contributed by atoms with Crippen molar-refractivity contribution in [1.29, 1.82) is 0 Å². The molecular formula is C9H7ClN4O2. The SMILES string of the molecule is Nc1nn(-c2cccc(Cl)c2)nc1C(=O)O. The standard InChI is InChI=1S/C9H7ClN4O2/c10-5-2-1-3-6(4-5)14-12-7(9(15)16)8(11)13-14/h1-4H,(H2,11,13)(H,15,16). The number of carbonyl (C=O) groups is 1. The molecule has 0 spiro atoms. The highest BCUT2D eigenvalue weighted by Gasteiger charge is 2.15. The van der Waals surface area contributed by atoms with E-state index in [9.17, 15) is 4.79 Å². The average Bonchev–Trinajstić information content (AvgIpc) is 2.60. The van der Waals surface area contributed by atoms with Gasteiger partial charge in [-0.2, -0.15) is 0 Å². The first-order valence-corrected chi connectivity index (χ1v) is 4.68. The molecule has 1 heterocycles. The van der Waals surface area contributed by atoms with Gasteiger partial charge in [-0.25, -0.2) is 4.79 Å². The van der Waals surface area contributed by atoms with Crippen LogP contribution in [-0.4, -0.2) is 26.1 Å². The minimum Gasteiger partial charge on any atom is -0.476 e. The number of nitrogen functional groups attached to an aromatic ring is 1. The zero-order valence-corrected chi connectivity index (χ0v) is 8.72. The largest absolute Gasteiger partial charge is 0.476 e. The van der Waals surface area contributed by atoms with Gasteiger partial charge in [-0.1, -0.05) is 17.7 Å². The Balaban J connectivity index is 2.49. The van der Waals surface area contributed by atoms with Gasteiger partial charge in [0.05, 0.1) is 5.69 Å². The third kappa shape index (κ3) is 1.82. The number of nitrogens with two attached hydrogens (primary N) is 1. The topological polar surface area (TPSA) is 94.0 Å². The molecule has 0 fully saturated rings. The Kier molecular flexibility index (Phi) is 2.49.